The van der Waals surface area contributed by atoms with Gasteiger partial charge in [-0.3, -0.25) is 24.0 Å². The average Bonchev–Trinajstić information content (AvgIpc) is 3.64. The first-order chi connectivity index (χ1) is 21.5. The molecule has 2 aromatic rings. The summed E-state index contributed by atoms with van der Waals surface area (Å²) in [6, 6.07) is 3.52. The number of hydrogen-bond donors (Lipinski definition) is 1. The number of H-pyrrole nitrogens is 1. The molecule has 0 aliphatic carbocycles. The zero-order valence-corrected chi connectivity index (χ0v) is 28.8. The molecule has 246 valence electrons. The zero-order chi connectivity index (χ0) is 32.3. The van der Waals surface area contributed by atoms with Crippen molar-refractivity contribution in [2.45, 2.75) is 83.3 Å². The van der Waals surface area contributed by atoms with Crippen molar-refractivity contribution in [3.05, 3.63) is 45.0 Å². The van der Waals surface area contributed by atoms with E-state index in [1.54, 1.807) is 4.68 Å². The molecule has 0 saturated carbocycles. The van der Waals surface area contributed by atoms with Gasteiger partial charge in [-0.15, -0.1) is 5.10 Å². The lowest BCUT2D eigenvalue weighted by atomic mass is 9.99. The number of nitrogens with zero attached hydrogens (tertiary/aromatic N) is 8. The molecule has 3 fully saturated rings. The van der Waals surface area contributed by atoms with Gasteiger partial charge in [0.05, 0.1) is 37.9 Å². The van der Waals surface area contributed by atoms with Crippen molar-refractivity contribution in [1.29, 1.82) is 5.26 Å². The SMILES string of the molecule is CC(C)N(C(C)C)P(OCCC#N)OC1C2OC[C@]1(Cn1cc(CN3CCN(C(=O)I)CC3)nn1)O[C@H]2n1ccc(=O)[nH]c1=O. The van der Waals surface area contributed by atoms with E-state index >= 15 is 0 Å². The summed E-state index contributed by atoms with van der Waals surface area (Å²) in [5, 5.41) is 17.9. The lowest BCUT2D eigenvalue weighted by Gasteiger charge is -2.38. The van der Waals surface area contributed by atoms with Crippen LogP contribution >= 0.6 is 31.1 Å². The number of nitrogens with one attached hydrogen (secondary N) is 1. The highest BCUT2D eigenvalue weighted by molar-refractivity contribution is 14.1. The molecule has 3 unspecified atom stereocenters. The Hall–Kier alpha value is -2.30. The van der Waals surface area contributed by atoms with E-state index in [9.17, 15) is 14.4 Å². The van der Waals surface area contributed by atoms with Gasteiger partial charge in [0.15, 0.2) is 6.23 Å². The van der Waals surface area contributed by atoms with Crippen LogP contribution in [0.2, 0.25) is 0 Å². The minimum Gasteiger partial charge on any atom is -0.367 e. The highest BCUT2D eigenvalue weighted by atomic mass is 127. The van der Waals surface area contributed by atoms with E-state index in [2.05, 4.69) is 58.6 Å². The van der Waals surface area contributed by atoms with E-state index in [4.69, 9.17) is 23.8 Å². The molecule has 3 saturated heterocycles. The number of carbonyl (C=O) groups excluding carboxylic acids is 1. The maximum Gasteiger partial charge on any atom is 0.330 e. The maximum atomic E-state index is 12.8. The first-order valence-corrected chi connectivity index (χ1v) is 17.1. The third kappa shape index (κ3) is 7.65. The highest BCUT2D eigenvalue weighted by Gasteiger charge is 2.64. The van der Waals surface area contributed by atoms with Crippen molar-refractivity contribution >= 4 is 35.0 Å². The molecule has 5 atom stereocenters. The number of amides is 1. The van der Waals surface area contributed by atoms with E-state index in [0.29, 0.717) is 19.6 Å². The number of carbonyl (C=O) groups is 1. The lowest BCUT2D eigenvalue weighted by Crippen LogP contribution is -2.47. The third-order valence-corrected chi connectivity index (χ3v) is 10.8. The fraction of sp³-hybridized carbons (Fsp3) is 0.704. The second-order valence-corrected chi connectivity index (χ2v) is 14.2. The molecule has 2 bridgehead atoms. The monoisotopic (exact) mass is 759 g/mol. The van der Waals surface area contributed by atoms with Gasteiger partial charge in [0.25, 0.3) is 18.0 Å². The summed E-state index contributed by atoms with van der Waals surface area (Å²) in [6.45, 7) is 12.2. The Morgan fingerprint density at radius 1 is 1.27 bits per heavy atom. The summed E-state index contributed by atoms with van der Waals surface area (Å²) in [5.74, 6) is 0. The van der Waals surface area contributed by atoms with E-state index in [1.165, 1.54) is 16.8 Å². The minimum atomic E-state index is -1.66. The number of rotatable bonds is 13. The molecular weight excluding hydrogens is 720 g/mol. The van der Waals surface area contributed by atoms with Crippen molar-refractivity contribution in [3.8, 4) is 6.07 Å². The Kier molecular flexibility index (Phi) is 11.1. The molecule has 0 radical (unpaired) electrons. The standard InChI is InChI=1S/C27H39IN9O7P/c1-18(2)37(19(3)4)45(42-13-5-7-29)44-23-22-24(36-8-6-21(38)30-26(36)40)43-27(23,17-41-22)16-35-15-20(31-32-35)14-33-9-11-34(12-10-33)25(28)39/h6,8,15,18-19,22-24H,5,9-14,16-17H2,1-4H3,(H,30,38,40)/t22?,23?,24-,27+,45?/m1/s1. The van der Waals surface area contributed by atoms with Crippen molar-refractivity contribution in [2.75, 3.05) is 39.4 Å². The largest absolute Gasteiger partial charge is 0.367 e. The van der Waals surface area contributed by atoms with Crippen LogP contribution in [0, 0.1) is 11.3 Å². The molecule has 16 nitrogen and oxygen atoms in total. The highest BCUT2D eigenvalue weighted by Crippen LogP contribution is 2.55. The first kappa shape index (κ1) is 34.0. The van der Waals surface area contributed by atoms with Gasteiger partial charge in [-0.1, -0.05) is 5.21 Å². The summed E-state index contributed by atoms with van der Waals surface area (Å²) >= 11 is 1.82. The van der Waals surface area contributed by atoms with Crippen LogP contribution < -0.4 is 11.2 Å². The van der Waals surface area contributed by atoms with E-state index in [0.717, 1.165) is 18.8 Å². The first-order valence-electron chi connectivity index (χ1n) is 14.9. The number of halogens is 1. The van der Waals surface area contributed by atoms with Crippen LogP contribution in [0.5, 0.6) is 0 Å². The van der Waals surface area contributed by atoms with Crippen LogP contribution in [-0.2, 0) is 31.6 Å². The molecule has 45 heavy (non-hydrogen) atoms. The van der Waals surface area contributed by atoms with Gasteiger partial charge in [-0.05, 0) is 27.7 Å². The molecule has 1 amide bonds. The maximum absolute atomic E-state index is 12.8. The number of nitriles is 1. The second kappa shape index (κ2) is 14.6. The molecule has 3 aliphatic heterocycles. The molecule has 2 aromatic heterocycles. The number of aromatic amines is 1. The molecule has 18 heteroatoms. The second-order valence-electron chi connectivity index (χ2n) is 11.9. The molecule has 0 aromatic carbocycles. The van der Waals surface area contributed by atoms with Crippen molar-refractivity contribution in [3.63, 3.8) is 0 Å². The summed E-state index contributed by atoms with van der Waals surface area (Å²) in [7, 11) is -1.66. The fourth-order valence-electron chi connectivity index (χ4n) is 5.98. The lowest BCUT2D eigenvalue weighted by molar-refractivity contribution is -0.180. The van der Waals surface area contributed by atoms with Crippen LogP contribution in [0.15, 0.2) is 28.0 Å². The van der Waals surface area contributed by atoms with Gasteiger partial charge >= 0.3 is 5.69 Å². The number of hydrogen-bond acceptors (Lipinski definition) is 12. The summed E-state index contributed by atoms with van der Waals surface area (Å²) in [6.07, 6.45) is 1.20. The number of fused-ring (bicyclic) bond motifs is 2. The predicted octanol–water partition coefficient (Wildman–Crippen LogP) is 1.83. The predicted molar refractivity (Wildman–Crippen MR) is 170 cm³/mol. The normalized spacial score (nSPS) is 25.8. The summed E-state index contributed by atoms with van der Waals surface area (Å²) in [4.78, 5) is 42.6. The van der Waals surface area contributed by atoms with Crippen molar-refractivity contribution in [1.82, 2.24) is 39.0 Å². The number of piperazine rings is 1. The van der Waals surface area contributed by atoms with Crippen LogP contribution in [0.1, 0.15) is 46.0 Å². The van der Waals surface area contributed by atoms with Crippen molar-refractivity contribution < 1.29 is 23.3 Å². The number of ether oxygens (including phenoxy) is 2. The molecule has 0 spiro atoms. The summed E-state index contributed by atoms with van der Waals surface area (Å²) < 4.78 is 31.1. The molecule has 1 N–H and O–H groups in total. The number of aromatic nitrogens is 5. The van der Waals surface area contributed by atoms with Crippen LogP contribution in [0.25, 0.3) is 0 Å². The van der Waals surface area contributed by atoms with E-state index in [-0.39, 0.29) is 42.2 Å². The fourth-order valence-corrected chi connectivity index (χ4v) is 8.28. The summed E-state index contributed by atoms with van der Waals surface area (Å²) in [5.41, 5.74) is -1.43. The topological polar surface area (TPSA) is 173 Å². The van der Waals surface area contributed by atoms with Gasteiger partial charge in [-0.25, -0.2) is 14.1 Å². The molecule has 5 rings (SSSR count). The van der Waals surface area contributed by atoms with Crippen LogP contribution in [0.3, 0.4) is 0 Å². The van der Waals surface area contributed by atoms with Gasteiger partial charge in [0.1, 0.15) is 17.8 Å². The van der Waals surface area contributed by atoms with Gasteiger partial charge < -0.3 is 23.4 Å². The quantitative estimate of drug-likeness (QED) is 0.103. The third-order valence-electron chi connectivity index (χ3n) is 7.99. The van der Waals surface area contributed by atoms with Crippen molar-refractivity contribution in [2.24, 2.45) is 0 Å². The Bertz CT molecular complexity index is 1480. The zero-order valence-electron chi connectivity index (χ0n) is 25.7. The minimum absolute atomic E-state index is 0.0503. The average molecular weight is 760 g/mol. The van der Waals surface area contributed by atoms with Gasteiger partial charge in [0, 0.05) is 85.9 Å². The molecule has 5 heterocycles. The Morgan fingerprint density at radius 2 is 2.00 bits per heavy atom. The Balaban J connectivity index is 1.40. The molecular formula is C27H39IN9O7P. The Labute approximate surface area is 275 Å². The van der Waals surface area contributed by atoms with Crippen LogP contribution in [-0.4, -0.2) is 112 Å². The molecule has 3 aliphatic rings. The Morgan fingerprint density at radius 3 is 2.64 bits per heavy atom. The van der Waals surface area contributed by atoms with E-state index in [1.807, 2.05) is 33.7 Å². The van der Waals surface area contributed by atoms with Gasteiger partial charge in [-0.2, -0.15) is 5.26 Å². The van der Waals surface area contributed by atoms with E-state index < -0.39 is 43.8 Å². The smallest absolute Gasteiger partial charge is 0.330 e. The van der Waals surface area contributed by atoms with Crippen LogP contribution in [0.4, 0.5) is 4.79 Å². The van der Waals surface area contributed by atoms with Gasteiger partial charge in [0.2, 0.25) is 0 Å².